The summed E-state index contributed by atoms with van der Waals surface area (Å²) in [4.78, 5) is 0. The Morgan fingerprint density at radius 1 is 0.625 bits per heavy atom. The highest BCUT2D eigenvalue weighted by molar-refractivity contribution is 5.45. The summed E-state index contributed by atoms with van der Waals surface area (Å²) in [5.41, 5.74) is 2.03. The molecule has 0 fully saturated rings. The van der Waals surface area contributed by atoms with E-state index in [2.05, 4.69) is 10.2 Å². The van der Waals surface area contributed by atoms with Gasteiger partial charge in [0.15, 0.2) is 34.6 Å². The van der Waals surface area contributed by atoms with Gasteiger partial charge in [-0.05, 0) is 63.1 Å². The Labute approximate surface area is 189 Å². The van der Waals surface area contributed by atoms with Gasteiger partial charge in [0.25, 0.3) is 0 Å². The molecule has 3 aromatic rings. The Morgan fingerprint density at radius 3 is 1.38 bits per heavy atom. The van der Waals surface area contributed by atoms with E-state index in [9.17, 15) is 0 Å². The summed E-state index contributed by atoms with van der Waals surface area (Å²) >= 11 is 0. The molecule has 0 radical (unpaired) electrons. The molecule has 2 aromatic carbocycles. The first-order valence-electron chi connectivity index (χ1n) is 11.0. The van der Waals surface area contributed by atoms with Crippen molar-refractivity contribution in [2.75, 3.05) is 32.3 Å². The van der Waals surface area contributed by atoms with Gasteiger partial charge in [-0.2, -0.15) is 0 Å². The summed E-state index contributed by atoms with van der Waals surface area (Å²) < 4.78 is 24.3. The molecule has 0 unspecified atom stereocenters. The van der Waals surface area contributed by atoms with Crippen LogP contribution in [0, 0.1) is 0 Å². The van der Waals surface area contributed by atoms with E-state index in [1.165, 1.54) is 0 Å². The second-order valence-corrected chi connectivity index (χ2v) is 7.05. The largest absolute Gasteiger partial charge is 0.490 e. The lowest BCUT2D eigenvalue weighted by Crippen LogP contribution is -2.17. The molecule has 0 saturated carbocycles. The molecule has 0 aliphatic carbocycles. The van der Waals surface area contributed by atoms with Crippen molar-refractivity contribution in [1.29, 1.82) is 0 Å². The maximum atomic E-state index is 6.33. The second kappa shape index (κ2) is 11.3. The van der Waals surface area contributed by atoms with Crippen molar-refractivity contribution in [3.63, 3.8) is 0 Å². The Hall–Kier alpha value is -3.42. The van der Waals surface area contributed by atoms with Crippen LogP contribution in [0.2, 0.25) is 0 Å². The van der Waals surface area contributed by atoms with E-state index >= 15 is 0 Å². The van der Waals surface area contributed by atoms with Gasteiger partial charge in [-0.1, -0.05) is 12.1 Å². The monoisotopic (exact) mass is 440 g/mol. The van der Waals surface area contributed by atoms with Crippen LogP contribution < -0.4 is 24.8 Å². The Kier molecular flexibility index (Phi) is 8.19. The normalized spacial score (nSPS) is 10.8. The fraction of sp³-hybridized carbons (Fsp3) is 0.417. The van der Waals surface area contributed by atoms with Crippen LogP contribution in [-0.4, -0.2) is 41.3 Å². The summed E-state index contributed by atoms with van der Waals surface area (Å²) in [7, 11) is 0. The zero-order valence-corrected chi connectivity index (χ0v) is 19.3. The van der Waals surface area contributed by atoms with Crippen molar-refractivity contribution in [2.45, 2.75) is 40.5 Å². The van der Waals surface area contributed by atoms with Gasteiger partial charge in [0.2, 0.25) is 0 Å². The molecule has 172 valence electrons. The molecule has 32 heavy (non-hydrogen) atoms. The fourth-order valence-electron chi connectivity index (χ4n) is 3.38. The van der Waals surface area contributed by atoms with E-state index in [1.54, 1.807) is 4.68 Å². The molecule has 2 N–H and O–H groups in total. The summed E-state index contributed by atoms with van der Waals surface area (Å²) in [5, 5.41) is 8.61. The standard InChI is InChI=1S/C24H32N4O4/c1-5-29-19-11-9-17(13-21(19)31-7-3)15-23-26-27-24(28(23)25)16-18-10-12-20(30-6-2)22(14-18)32-8-4/h9-14H,5-8,15-16,25H2,1-4H3. The molecule has 0 bridgehead atoms. The quantitative estimate of drug-likeness (QED) is 0.429. The van der Waals surface area contributed by atoms with Crippen LogP contribution in [-0.2, 0) is 12.8 Å². The van der Waals surface area contributed by atoms with Crippen molar-refractivity contribution in [3.8, 4) is 23.0 Å². The van der Waals surface area contributed by atoms with Crippen LogP contribution in [0.15, 0.2) is 36.4 Å². The van der Waals surface area contributed by atoms with Gasteiger partial charge in [-0.15, -0.1) is 10.2 Å². The zero-order chi connectivity index (χ0) is 22.9. The van der Waals surface area contributed by atoms with Crippen LogP contribution in [0.3, 0.4) is 0 Å². The number of hydrogen-bond donors (Lipinski definition) is 1. The SMILES string of the molecule is CCOc1ccc(Cc2nnc(Cc3ccc(OCC)c(OCC)c3)n2N)cc1OCC. The molecule has 0 saturated heterocycles. The van der Waals surface area contributed by atoms with Gasteiger partial charge >= 0.3 is 0 Å². The van der Waals surface area contributed by atoms with Crippen molar-refractivity contribution in [3.05, 3.63) is 59.2 Å². The predicted octanol–water partition coefficient (Wildman–Crippen LogP) is 3.77. The van der Waals surface area contributed by atoms with Crippen molar-refractivity contribution >= 4 is 0 Å². The third kappa shape index (κ3) is 5.63. The first-order chi connectivity index (χ1) is 15.6. The van der Waals surface area contributed by atoms with Gasteiger partial charge in [0.1, 0.15) is 0 Å². The average molecular weight is 441 g/mol. The first kappa shape index (κ1) is 23.2. The molecular formula is C24H32N4O4. The molecule has 0 aliphatic rings. The maximum Gasteiger partial charge on any atom is 0.161 e. The van der Waals surface area contributed by atoms with Gasteiger partial charge in [-0.25, -0.2) is 4.68 Å². The minimum atomic E-state index is 0.531. The molecule has 8 heteroatoms. The lowest BCUT2D eigenvalue weighted by Gasteiger charge is -2.13. The molecule has 0 atom stereocenters. The number of nitrogen functional groups attached to an aromatic ring is 1. The molecule has 8 nitrogen and oxygen atoms in total. The van der Waals surface area contributed by atoms with Gasteiger partial charge < -0.3 is 24.8 Å². The Balaban J connectivity index is 1.77. The highest BCUT2D eigenvalue weighted by Crippen LogP contribution is 2.30. The van der Waals surface area contributed by atoms with Crippen LogP contribution in [0.25, 0.3) is 0 Å². The van der Waals surface area contributed by atoms with Crippen LogP contribution in [0.1, 0.15) is 50.5 Å². The highest BCUT2D eigenvalue weighted by Gasteiger charge is 2.14. The van der Waals surface area contributed by atoms with Crippen molar-refractivity contribution in [2.24, 2.45) is 0 Å². The van der Waals surface area contributed by atoms with Crippen molar-refractivity contribution in [1.82, 2.24) is 14.9 Å². The highest BCUT2D eigenvalue weighted by atomic mass is 16.5. The second-order valence-electron chi connectivity index (χ2n) is 7.05. The number of rotatable bonds is 12. The van der Waals surface area contributed by atoms with Crippen LogP contribution in [0.4, 0.5) is 0 Å². The van der Waals surface area contributed by atoms with Gasteiger partial charge in [0, 0.05) is 12.8 Å². The van der Waals surface area contributed by atoms with Gasteiger partial charge in [-0.3, -0.25) is 0 Å². The molecule has 0 amide bonds. The molecule has 3 rings (SSSR count). The average Bonchev–Trinajstić information content (AvgIpc) is 3.11. The Bertz CT molecular complexity index is 940. The summed E-state index contributed by atoms with van der Waals surface area (Å²) in [6.45, 7) is 10.1. The topological polar surface area (TPSA) is 93.7 Å². The summed E-state index contributed by atoms with van der Waals surface area (Å²) in [6.07, 6.45) is 1.06. The number of hydrogen-bond acceptors (Lipinski definition) is 7. The predicted molar refractivity (Wildman–Crippen MR) is 123 cm³/mol. The number of aromatic nitrogens is 3. The van der Waals surface area contributed by atoms with Crippen LogP contribution >= 0.6 is 0 Å². The van der Waals surface area contributed by atoms with Crippen molar-refractivity contribution < 1.29 is 18.9 Å². The molecule has 0 spiro atoms. The number of nitrogens with zero attached hydrogens (tertiary/aromatic N) is 3. The minimum absolute atomic E-state index is 0.531. The number of nitrogens with two attached hydrogens (primary N) is 1. The lowest BCUT2D eigenvalue weighted by atomic mass is 10.1. The minimum Gasteiger partial charge on any atom is -0.490 e. The van der Waals surface area contributed by atoms with Gasteiger partial charge in [0.05, 0.1) is 26.4 Å². The van der Waals surface area contributed by atoms with E-state index in [-0.39, 0.29) is 0 Å². The van der Waals surface area contributed by atoms with E-state index in [0.29, 0.717) is 62.4 Å². The summed E-state index contributed by atoms with van der Waals surface area (Å²) in [6, 6.07) is 11.7. The first-order valence-corrected chi connectivity index (χ1v) is 11.0. The van der Waals surface area contributed by atoms with E-state index in [0.717, 1.165) is 22.6 Å². The molecule has 0 aliphatic heterocycles. The van der Waals surface area contributed by atoms with E-state index in [4.69, 9.17) is 24.8 Å². The smallest absolute Gasteiger partial charge is 0.161 e. The third-order valence-electron chi connectivity index (χ3n) is 4.78. The maximum absolute atomic E-state index is 6.33. The number of ether oxygens (including phenoxy) is 4. The van der Waals surface area contributed by atoms with Crippen LogP contribution in [0.5, 0.6) is 23.0 Å². The zero-order valence-electron chi connectivity index (χ0n) is 19.3. The third-order valence-corrected chi connectivity index (χ3v) is 4.78. The number of benzene rings is 2. The Morgan fingerprint density at radius 2 is 1.00 bits per heavy atom. The fourth-order valence-corrected chi connectivity index (χ4v) is 3.38. The van der Waals surface area contributed by atoms with E-state index < -0.39 is 0 Å². The lowest BCUT2D eigenvalue weighted by molar-refractivity contribution is 0.287. The van der Waals surface area contributed by atoms with E-state index in [1.807, 2.05) is 64.1 Å². The summed E-state index contributed by atoms with van der Waals surface area (Å²) in [5.74, 6) is 10.6. The molecule has 1 heterocycles. The molecule has 1 aromatic heterocycles. The molecular weight excluding hydrogens is 408 g/mol.